The van der Waals surface area contributed by atoms with Gasteiger partial charge in [-0.1, -0.05) is 6.92 Å². The highest BCUT2D eigenvalue weighted by molar-refractivity contribution is 7.98. The van der Waals surface area contributed by atoms with Gasteiger partial charge in [0.15, 0.2) is 0 Å². The molecule has 1 aromatic heterocycles. The maximum absolute atomic E-state index is 5.86. The number of rotatable bonds is 6. The van der Waals surface area contributed by atoms with Gasteiger partial charge in [-0.3, -0.25) is 4.98 Å². The van der Waals surface area contributed by atoms with Crippen molar-refractivity contribution in [2.24, 2.45) is 5.73 Å². The van der Waals surface area contributed by atoms with Crippen LogP contribution in [0, 0.1) is 6.92 Å². The standard InChI is InChI=1S/C12H20N2OS/c1-4-10(13)7-16-8-11-6-12(15-3)5-9(2)14-11/h5-6,10H,4,7-8,13H2,1-3H3. The molecule has 0 aliphatic carbocycles. The van der Waals surface area contributed by atoms with Crippen molar-refractivity contribution in [1.82, 2.24) is 4.98 Å². The monoisotopic (exact) mass is 240 g/mol. The van der Waals surface area contributed by atoms with Crippen LogP contribution in [0.2, 0.25) is 0 Å². The SMILES string of the molecule is CCC(N)CSCc1cc(OC)cc(C)n1. The minimum Gasteiger partial charge on any atom is -0.497 e. The Morgan fingerprint density at radius 1 is 1.50 bits per heavy atom. The Morgan fingerprint density at radius 3 is 2.88 bits per heavy atom. The number of nitrogens with zero attached hydrogens (tertiary/aromatic N) is 1. The average Bonchev–Trinajstić information content (AvgIpc) is 2.28. The lowest BCUT2D eigenvalue weighted by atomic mass is 10.3. The quantitative estimate of drug-likeness (QED) is 0.829. The Balaban J connectivity index is 2.50. The van der Waals surface area contributed by atoms with Gasteiger partial charge in [-0.05, 0) is 13.3 Å². The Morgan fingerprint density at radius 2 is 2.25 bits per heavy atom. The van der Waals surface area contributed by atoms with E-state index in [1.165, 1.54) is 0 Å². The summed E-state index contributed by atoms with van der Waals surface area (Å²) < 4.78 is 5.21. The molecule has 0 aromatic carbocycles. The molecule has 0 saturated heterocycles. The van der Waals surface area contributed by atoms with Crippen molar-refractivity contribution in [2.75, 3.05) is 12.9 Å². The molecule has 0 bridgehead atoms. The van der Waals surface area contributed by atoms with E-state index in [1.807, 2.05) is 30.8 Å². The van der Waals surface area contributed by atoms with E-state index < -0.39 is 0 Å². The summed E-state index contributed by atoms with van der Waals surface area (Å²) in [6.45, 7) is 4.09. The van der Waals surface area contributed by atoms with Crippen LogP contribution in [0.3, 0.4) is 0 Å². The summed E-state index contributed by atoms with van der Waals surface area (Å²) in [6, 6.07) is 4.21. The highest BCUT2D eigenvalue weighted by Gasteiger charge is 2.03. The number of thioether (sulfide) groups is 1. The molecular formula is C12H20N2OS. The zero-order chi connectivity index (χ0) is 12.0. The molecule has 0 aliphatic rings. The summed E-state index contributed by atoms with van der Waals surface area (Å²) in [5.41, 5.74) is 7.91. The largest absolute Gasteiger partial charge is 0.497 e. The van der Waals surface area contributed by atoms with Gasteiger partial charge in [0.05, 0.1) is 12.8 Å². The van der Waals surface area contributed by atoms with Crippen LogP contribution in [0.25, 0.3) is 0 Å². The smallest absolute Gasteiger partial charge is 0.122 e. The molecule has 4 heteroatoms. The van der Waals surface area contributed by atoms with Gasteiger partial charge in [0, 0.05) is 35.4 Å². The first-order chi connectivity index (χ1) is 7.65. The highest BCUT2D eigenvalue weighted by atomic mass is 32.2. The number of hydrogen-bond acceptors (Lipinski definition) is 4. The van der Waals surface area contributed by atoms with Crippen molar-refractivity contribution < 1.29 is 4.74 Å². The van der Waals surface area contributed by atoms with Crippen molar-refractivity contribution in [2.45, 2.75) is 32.1 Å². The Labute approximate surface area is 102 Å². The van der Waals surface area contributed by atoms with Crippen LogP contribution < -0.4 is 10.5 Å². The number of aromatic nitrogens is 1. The number of ether oxygens (including phenoxy) is 1. The minimum absolute atomic E-state index is 0.289. The number of nitrogens with two attached hydrogens (primary N) is 1. The van der Waals surface area contributed by atoms with E-state index in [1.54, 1.807) is 7.11 Å². The van der Waals surface area contributed by atoms with Gasteiger partial charge in [0.25, 0.3) is 0 Å². The fraction of sp³-hybridized carbons (Fsp3) is 0.583. The van der Waals surface area contributed by atoms with Crippen molar-refractivity contribution in [3.8, 4) is 5.75 Å². The van der Waals surface area contributed by atoms with Gasteiger partial charge in [0.1, 0.15) is 5.75 Å². The summed E-state index contributed by atoms with van der Waals surface area (Å²) in [6.07, 6.45) is 1.03. The predicted molar refractivity (Wildman–Crippen MR) is 70.0 cm³/mol. The first-order valence-corrected chi connectivity index (χ1v) is 6.66. The minimum atomic E-state index is 0.289. The second-order valence-corrected chi connectivity index (χ2v) is 4.85. The van der Waals surface area contributed by atoms with E-state index in [0.717, 1.165) is 35.1 Å². The van der Waals surface area contributed by atoms with Gasteiger partial charge in [-0.2, -0.15) is 11.8 Å². The molecule has 1 rings (SSSR count). The van der Waals surface area contributed by atoms with Crippen molar-refractivity contribution in [3.63, 3.8) is 0 Å². The van der Waals surface area contributed by atoms with Crippen LogP contribution in [-0.4, -0.2) is 23.9 Å². The summed E-state index contributed by atoms with van der Waals surface area (Å²) in [5, 5.41) is 0. The van der Waals surface area contributed by atoms with Crippen molar-refractivity contribution in [3.05, 3.63) is 23.5 Å². The second-order valence-electron chi connectivity index (χ2n) is 3.82. The maximum atomic E-state index is 5.86. The average molecular weight is 240 g/mol. The molecule has 0 radical (unpaired) electrons. The van der Waals surface area contributed by atoms with Gasteiger partial charge >= 0.3 is 0 Å². The van der Waals surface area contributed by atoms with Gasteiger partial charge in [-0.25, -0.2) is 0 Å². The van der Waals surface area contributed by atoms with E-state index in [9.17, 15) is 0 Å². The topological polar surface area (TPSA) is 48.1 Å². The normalized spacial score (nSPS) is 12.5. The predicted octanol–water partition coefficient (Wildman–Crippen LogP) is 2.37. The molecule has 1 heterocycles. The van der Waals surface area contributed by atoms with E-state index in [4.69, 9.17) is 10.5 Å². The molecule has 1 aromatic rings. The second kappa shape index (κ2) is 6.76. The lowest BCUT2D eigenvalue weighted by Crippen LogP contribution is -2.21. The Kier molecular flexibility index (Phi) is 5.63. The third-order valence-corrected chi connectivity index (χ3v) is 3.49. The van der Waals surface area contributed by atoms with Crippen LogP contribution in [-0.2, 0) is 5.75 Å². The van der Waals surface area contributed by atoms with Crippen molar-refractivity contribution in [1.29, 1.82) is 0 Å². The summed E-state index contributed by atoms with van der Waals surface area (Å²) in [4.78, 5) is 4.46. The molecule has 0 aliphatic heterocycles. The van der Waals surface area contributed by atoms with E-state index in [0.29, 0.717) is 0 Å². The number of pyridine rings is 1. The van der Waals surface area contributed by atoms with Crippen LogP contribution >= 0.6 is 11.8 Å². The highest BCUT2D eigenvalue weighted by Crippen LogP contribution is 2.18. The molecule has 3 nitrogen and oxygen atoms in total. The fourth-order valence-electron chi connectivity index (χ4n) is 1.33. The molecule has 0 saturated carbocycles. The lowest BCUT2D eigenvalue weighted by molar-refractivity contribution is 0.413. The van der Waals surface area contributed by atoms with Gasteiger partial charge in [0.2, 0.25) is 0 Å². The zero-order valence-electron chi connectivity index (χ0n) is 10.2. The van der Waals surface area contributed by atoms with Crippen LogP contribution in [0.1, 0.15) is 24.7 Å². The number of methoxy groups -OCH3 is 1. The van der Waals surface area contributed by atoms with Gasteiger partial charge in [-0.15, -0.1) is 0 Å². The molecular weight excluding hydrogens is 220 g/mol. The molecule has 90 valence electrons. The van der Waals surface area contributed by atoms with Crippen molar-refractivity contribution >= 4 is 11.8 Å². The van der Waals surface area contributed by atoms with Crippen LogP contribution in [0.15, 0.2) is 12.1 Å². The third kappa shape index (κ3) is 4.41. The zero-order valence-corrected chi connectivity index (χ0v) is 11.0. The molecule has 1 unspecified atom stereocenters. The molecule has 1 atom stereocenters. The molecule has 0 fully saturated rings. The van der Waals surface area contributed by atoms with Gasteiger partial charge < -0.3 is 10.5 Å². The fourth-order valence-corrected chi connectivity index (χ4v) is 2.34. The summed E-state index contributed by atoms with van der Waals surface area (Å²) >= 11 is 1.82. The first-order valence-electron chi connectivity index (χ1n) is 5.50. The van der Waals surface area contributed by atoms with E-state index in [-0.39, 0.29) is 6.04 Å². The summed E-state index contributed by atoms with van der Waals surface area (Å²) in [7, 11) is 1.68. The third-order valence-electron chi connectivity index (χ3n) is 2.32. The first kappa shape index (κ1) is 13.3. The summed E-state index contributed by atoms with van der Waals surface area (Å²) in [5.74, 6) is 2.75. The molecule has 0 spiro atoms. The Hall–Kier alpha value is -0.740. The number of hydrogen-bond donors (Lipinski definition) is 1. The lowest BCUT2D eigenvalue weighted by Gasteiger charge is -2.09. The van der Waals surface area contributed by atoms with Crippen LogP contribution in [0.5, 0.6) is 5.75 Å². The van der Waals surface area contributed by atoms with E-state index >= 15 is 0 Å². The Bertz CT molecular complexity index is 331. The van der Waals surface area contributed by atoms with Crippen LogP contribution in [0.4, 0.5) is 0 Å². The molecule has 0 amide bonds. The van der Waals surface area contributed by atoms with E-state index in [2.05, 4.69) is 11.9 Å². The number of aryl methyl sites for hydroxylation is 1. The molecule has 2 N–H and O–H groups in total. The maximum Gasteiger partial charge on any atom is 0.122 e. The molecule has 16 heavy (non-hydrogen) atoms.